The van der Waals surface area contributed by atoms with Gasteiger partial charge in [-0.25, -0.2) is 0 Å². The van der Waals surface area contributed by atoms with E-state index in [0.717, 1.165) is 0 Å². The van der Waals surface area contributed by atoms with E-state index >= 15 is 0 Å². The number of hydrogen-bond donors (Lipinski definition) is 0. The van der Waals surface area contributed by atoms with Crippen LogP contribution in [-0.4, -0.2) is 44.0 Å². The molecule has 0 aromatic heterocycles. The minimum Gasteiger partial charge on any atom is -0.492 e. The van der Waals surface area contributed by atoms with Gasteiger partial charge in [0, 0.05) is 21.0 Å². The lowest BCUT2D eigenvalue weighted by Crippen LogP contribution is -2.39. The normalized spacial score (nSPS) is 9.89. The molecule has 104 valence electrons. The molecule has 0 saturated heterocycles. The Morgan fingerprint density at radius 2 is 1.84 bits per heavy atom. The highest BCUT2D eigenvalue weighted by molar-refractivity contribution is 5.98. The largest absolute Gasteiger partial charge is 0.492 e. The van der Waals surface area contributed by atoms with E-state index < -0.39 is 0 Å². The van der Waals surface area contributed by atoms with Crippen LogP contribution in [0.25, 0.3) is 0 Å². The summed E-state index contributed by atoms with van der Waals surface area (Å²) in [5.41, 5.74) is 0.618. The molecule has 5 heteroatoms. The Morgan fingerprint density at radius 1 is 1.21 bits per heavy atom. The molecule has 1 aromatic rings. The van der Waals surface area contributed by atoms with Gasteiger partial charge in [-0.1, -0.05) is 12.1 Å². The molecule has 0 spiro atoms. The number of para-hydroxylation sites is 2. The maximum Gasteiger partial charge on any atom is 0.242 e. The molecule has 0 heterocycles. The van der Waals surface area contributed by atoms with Crippen molar-refractivity contribution < 1.29 is 14.3 Å². The van der Waals surface area contributed by atoms with Crippen LogP contribution in [0, 0.1) is 0 Å². The number of carbonyl (C=O) groups excluding carboxylic acids is 2. The number of nitrogens with zero attached hydrogens (tertiary/aromatic N) is 2. The van der Waals surface area contributed by atoms with Crippen molar-refractivity contribution in [3.8, 4) is 5.75 Å². The Morgan fingerprint density at radius 3 is 2.37 bits per heavy atom. The number of ether oxygens (including phenoxy) is 1. The van der Waals surface area contributed by atoms with Gasteiger partial charge in [-0.05, 0) is 19.1 Å². The zero-order chi connectivity index (χ0) is 14.4. The summed E-state index contributed by atoms with van der Waals surface area (Å²) in [5.74, 6) is 0.274. The Bertz CT molecular complexity index is 458. The van der Waals surface area contributed by atoms with Crippen molar-refractivity contribution in [2.75, 3.05) is 32.1 Å². The van der Waals surface area contributed by atoms with Crippen LogP contribution in [0.2, 0.25) is 0 Å². The van der Waals surface area contributed by atoms with Crippen molar-refractivity contribution in [3.63, 3.8) is 0 Å². The van der Waals surface area contributed by atoms with E-state index in [1.54, 1.807) is 26.2 Å². The summed E-state index contributed by atoms with van der Waals surface area (Å²) < 4.78 is 5.49. The van der Waals surface area contributed by atoms with Gasteiger partial charge >= 0.3 is 0 Å². The zero-order valence-electron chi connectivity index (χ0n) is 11.8. The van der Waals surface area contributed by atoms with Gasteiger partial charge in [-0.3, -0.25) is 14.5 Å². The summed E-state index contributed by atoms with van der Waals surface area (Å²) in [6.07, 6.45) is 0. The Balaban J connectivity index is 3.05. The predicted molar refractivity (Wildman–Crippen MR) is 74.3 cm³/mol. The number of benzene rings is 1. The van der Waals surface area contributed by atoms with Gasteiger partial charge in [0.2, 0.25) is 11.8 Å². The highest BCUT2D eigenvalue weighted by atomic mass is 16.5. The van der Waals surface area contributed by atoms with Crippen LogP contribution in [0.1, 0.15) is 13.8 Å². The second-order valence-electron chi connectivity index (χ2n) is 4.29. The minimum atomic E-state index is -0.192. The van der Waals surface area contributed by atoms with Gasteiger partial charge in [0.1, 0.15) is 12.3 Å². The minimum absolute atomic E-state index is 0.00637. The lowest BCUT2D eigenvalue weighted by atomic mass is 10.2. The third-order valence-electron chi connectivity index (χ3n) is 2.63. The molecule has 0 bridgehead atoms. The molecule has 0 N–H and O–H groups in total. The number of hydrogen-bond acceptors (Lipinski definition) is 3. The Hall–Kier alpha value is -2.04. The highest BCUT2D eigenvalue weighted by Gasteiger charge is 2.19. The summed E-state index contributed by atoms with van der Waals surface area (Å²) in [4.78, 5) is 26.4. The van der Waals surface area contributed by atoms with Crippen LogP contribution in [-0.2, 0) is 9.59 Å². The van der Waals surface area contributed by atoms with E-state index in [1.165, 1.54) is 16.7 Å². The summed E-state index contributed by atoms with van der Waals surface area (Å²) in [6, 6.07) is 7.21. The maximum atomic E-state index is 11.8. The third-order valence-corrected chi connectivity index (χ3v) is 2.63. The predicted octanol–water partition coefficient (Wildman–Crippen LogP) is 1.53. The number of amides is 2. The van der Waals surface area contributed by atoms with E-state index in [4.69, 9.17) is 4.74 Å². The lowest BCUT2D eigenvalue weighted by Gasteiger charge is -2.24. The average molecular weight is 264 g/mol. The molecule has 1 rings (SSSR count). The fourth-order valence-corrected chi connectivity index (χ4v) is 1.60. The molecule has 0 saturated carbocycles. The van der Waals surface area contributed by atoms with Crippen molar-refractivity contribution in [3.05, 3.63) is 24.3 Å². The molecule has 0 aliphatic heterocycles. The van der Waals surface area contributed by atoms with Gasteiger partial charge in [0.05, 0.1) is 12.3 Å². The van der Waals surface area contributed by atoms with Gasteiger partial charge in [0.15, 0.2) is 0 Å². The molecule has 0 radical (unpaired) electrons. The first-order valence-corrected chi connectivity index (χ1v) is 6.17. The quantitative estimate of drug-likeness (QED) is 0.810. The number of carbonyl (C=O) groups is 2. The third kappa shape index (κ3) is 3.98. The first kappa shape index (κ1) is 15.0. The maximum absolute atomic E-state index is 11.8. The topological polar surface area (TPSA) is 49.9 Å². The van der Waals surface area contributed by atoms with E-state index in [1.807, 2.05) is 19.1 Å². The fraction of sp³-hybridized carbons (Fsp3) is 0.429. The smallest absolute Gasteiger partial charge is 0.242 e. The number of likely N-dealkylation sites (N-methyl/N-ethyl adjacent to an activating group) is 1. The summed E-state index contributed by atoms with van der Waals surface area (Å²) in [7, 11) is 3.32. The monoisotopic (exact) mass is 264 g/mol. The van der Waals surface area contributed by atoms with Crippen LogP contribution in [0.3, 0.4) is 0 Å². The van der Waals surface area contributed by atoms with E-state index in [2.05, 4.69) is 0 Å². The van der Waals surface area contributed by atoms with E-state index in [0.29, 0.717) is 18.0 Å². The second kappa shape index (κ2) is 6.78. The molecule has 0 aliphatic carbocycles. The summed E-state index contributed by atoms with van der Waals surface area (Å²) >= 11 is 0. The van der Waals surface area contributed by atoms with Crippen molar-refractivity contribution in [2.45, 2.75) is 13.8 Å². The van der Waals surface area contributed by atoms with Crippen molar-refractivity contribution in [1.29, 1.82) is 0 Å². The zero-order valence-corrected chi connectivity index (χ0v) is 11.8. The van der Waals surface area contributed by atoms with E-state index in [-0.39, 0.29) is 18.4 Å². The van der Waals surface area contributed by atoms with Crippen LogP contribution < -0.4 is 9.64 Å². The molecule has 2 amide bonds. The molecule has 5 nitrogen and oxygen atoms in total. The fourth-order valence-electron chi connectivity index (χ4n) is 1.60. The van der Waals surface area contributed by atoms with Gasteiger partial charge < -0.3 is 9.64 Å². The highest BCUT2D eigenvalue weighted by Crippen LogP contribution is 2.28. The van der Waals surface area contributed by atoms with Crippen molar-refractivity contribution in [2.24, 2.45) is 0 Å². The van der Waals surface area contributed by atoms with Crippen LogP contribution >= 0.6 is 0 Å². The van der Waals surface area contributed by atoms with Crippen LogP contribution in [0.4, 0.5) is 5.69 Å². The molecule has 0 fully saturated rings. The molecule has 0 aliphatic rings. The van der Waals surface area contributed by atoms with Crippen molar-refractivity contribution >= 4 is 17.5 Å². The second-order valence-corrected chi connectivity index (χ2v) is 4.29. The Labute approximate surface area is 113 Å². The molecular formula is C14H20N2O3. The first-order valence-electron chi connectivity index (χ1n) is 6.17. The average Bonchev–Trinajstić information content (AvgIpc) is 2.36. The molecular weight excluding hydrogens is 244 g/mol. The van der Waals surface area contributed by atoms with Crippen LogP contribution in [0.5, 0.6) is 5.75 Å². The number of anilines is 1. The van der Waals surface area contributed by atoms with E-state index in [9.17, 15) is 9.59 Å². The summed E-state index contributed by atoms with van der Waals surface area (Å²) in [6.45, 7) is 3.82. The molecule has 19 heavy (non-hydrogen) atoms. The summed E-state index contributed by atoms with van der Waals surface area (Å²) in [5, 5.41) is 0. The molecule has 0 atom stereocenters. The van der Waals surface area contributed by atoms with Gasteiger partial charge in [-0.2, -0.15) is 0 Å². The van der Waals surface area contributed by atoms with Gasteiger partial charge in [0.25, 0.3) is 0 Å². The molecule has 0 unspecified atom stereocenters. The first-order chi connectivity index (χ1) is 8.97. The lowest BCUT2D eigenvalue weighted by molar-refractivity contribution is -0.129. The Kier molecular flexibility index (Phi) is 5.36. The van der Waals surface area contributed by atoms with Crippen molar-refractivity contribution in [1.82, 2.24) is 4.90 Å². The van der Waals surface area contributed by atoms with Crippen LogP contribution in [0.15, 0.2) is 24.3 Å². The molecule has 1 aromatic carbocycles. The van der Waals surface area contributed by atoms with Gasteiger partial charge in [-0.15, -0.1) is 0 Å². The number of rotatable bonds is 5. The standard InChI is InChI=1S/C14H20N2O3/c1-5-19-13-9-7-6-8-12(13)16(11(2)17)10-14(18)15(3)4/h6-9H,5,10H2,1-4H3. The SMILES string of the molecule is CCOc1ccccc1N(CC(=O)N(C)C)C(C)=O.